The molecule has 0 unspecified atom stereocenters. The third kappa shape index (κ3) is 3.22. The zero-order valence-electron chi connectivity index (χ0n) is 12.9. The molecule has 0 spiro atoms. The summed E-state index contributed by atoms with van der Waals surface area (Å²) in [5.41, 5.74) is 4.94. The molecular weight excluding hydrogens is 305 g/mol. The van der Waals surface area contributed by atoms with Crippen LogP contribution in [0.4, 0.5) is 13.2 Å². The minimum absolute atomic E-state index is 0.173. The quantitative estimate of drug-likeness (QED) is 0.893. The van der Waals surface area contributed by atoms with Gasteiger partial charge in [-0.2, -0.15) is 13.2 Å². The van der Waals surface area contributed by atoms with Crippen LogP contribution in [0, 0.1) is 0 Å². The molecule has 2 saturated carbocycles. The highest BCUT2D eigenvalue weighted by Crippen LogP contribution is 2.48. The highest BCUT2D eigenvalue weighted by Gasteiger charge is 2.46. The molecule has 3 nitrogen and oxygen atoms in total. The van der Waals surface area contributed by atoms with E-state index in [1.165, 1.54) is 12.1 Å². The van der Waals surface area contributed by atoms with Crippen molar-refractivity contribution >= 4 is 5.91 Å². The van der Waals surface area contributed by atoms with E-state index < -0.39 is 17.3 Å². The molecule has 6 heteroatoms. The van der Waals surface area contributed by atoms with Crippen molar-refractivity contribution in [3.8, 4) is 0 Å². The first-order valence-electron chi connectivity index (χ1n) is 8.00. The summed E-state index contributed by atoms with van der Waals surface area (Å²) < 4.78 is 38.6. The van der Waals surface area contributed by atoms with Gasteiger partial charge in [0.05, 0.1) is 11.1 Å². The summed E-state index contributed by atoms with van der Waals surface area (Å²) in [5.74, 6) is -0.173. The maximum Gasteiger partial charge on any atom is 0.416 e. The predicted molar refractivity (Wildman–Crippen MR) is 80.8 cm³/mol. The van der Waals surface area contributed by atoms with Crippen LogP contribution in [0.25, 0.3) is 0 Å². The minimum Gasteiger partial charge on any atom is -0.354 e. The fraction of sp³-hybridized carbons (Fsp3) is 0.588. The van der Waals surface area contributed by atoms with Crippen molar-refractivity contribution < 1.29 is 18.0 Å². The monoisotopic (exact) mass is 326 g/mol. The van der Waals surface area contributed by atoms with Crippen molar-refractivity contribution in [1.29, 1.82) is 0 Å². The Labute approximate surface area is 133 Å². The molecule has 1 amide bonds. The summed E-state index contributed by atoms with van der Waals surface area (Å²) in [6.45, 7) is 0.353. The Balaban J connectivity index is 1.70. The fourth-order valence-electron chi connectivity index (χ4n) is 3.40. The van der Waals surface area contributed by atoms with Gasteiger partial charge in [-0.25, -0.2) is 0 Å². The molecule has 0 bridgehead atoms. The Morgan fingerprint density at radius 1 is 1.17 bits per heavy atom. The van der Waals surface area contributed by atoms with Crippen LogP contribution in [0.3, 0.4) is 0 Å². The van der Waals surface area contributed by atoms with E-state index in [-0.39, 0.29) is 11.3 Å². The molecule has 0 aliphatic heterocycles. The Morgan fingerprint density at radius 2 is 1.83 bits per heavy atom. The summed E-state index contributed by atoms with van der Waals surface area (Å²) in [6, 6.07) is 5.42. The van der Waals surface area contributed by atoms with Crippen LogP contribution in [0.5, 0.6) is 0 Å². The normalized spacial score (nSPS) is 21.9. The van der Waals surface area contributed by atoms with Crippen molar-refractivity contribution in [2.24, 2.45) is 5.73 Å². The third-order valence-corrected chi connectivity index (χ3v) is 5.19. The van der Waals surface area contributed by atoms with Crippen LogP contribution in [0.1, 0.15) is 49.7 Å². The Kier molecular flexibility index (Phi) is 3.91. The number of carbonyl (C=O) groups excluding carboxylic acids is 1. The second-order valence-corrected chi connectivity index (χ2v) is 6.90. The van der Waals surface area contributed by atoms with Crippen LogP contribution in [0.2, 0.25) is 0 Å². The molecule has 2 aliphatic carbocycles. The fourth-order valence-corrected chi connectivity index (χ4v) is 3.40. The SMILES string of the molecule is NC1(C(=O)NCC2(c3cccc(C(F)(F)F)c3)CC2)CCCC1. The molecule has 1 aromatic carbocycles. The van der Waals surface area contributed by atoms with Gasteiger partial charge in [-0.3, -0.25) is 4.79 Å². The molecule has 0 radical (unpaired) electrons. The van der Waals surface area contributed by atoms with Gasteiger partial charge in [0.2, 0.25) is 5.91 Å². The summed E-state index contributed by atoms with van der Waals surface area (Å²) in [6.07, 6.45) is 0.467. The standard InChI is InChI=1S/C17H21F3N2O/c18-17(19,20)13-5-3-4-12(10-13)15(8-9-15)11-22-14(23)16(21)6-1-2-7-16/h3-5,10H,1-2,6-9,11,21H2,(H,22,23). The molecule has 23 heavy (non-hydrogen) atoms. The average molecular weight is 326 g/mol. The number of rotatable bonds is 4. The average Bonchev–Trinajstić information content (AvgIpc) is 3.18. The number of nitrogens with one attached hydrogen (secondary N) is 1. The molecule has 3 rings (SSSR count). The van der Waals surface area contributed by atoms with Crippen LogP contribution in [-0.4, -0.2) is 18.0 Å². The van der Waals surface area contributed by atoms with Crippen molar-refractivity contribution in [1.82, 2.24) is 5.32 Å². The number of hydrogen-bond donors (Lipinski definition) is 2. The maximum atomic E-state index is 12.9. The Bertz CT molecular complexity index is 602. The van der Waals surface area contributed by atoms with E-state index in [2.05, 4.69) is 5.32 Å². The topological polar surface area (TPSA) is 55.1 Å². The predicted octanol–water partition coefficient (Wildman–Crippen LogP) is 3.12. The number of nitrogens with two attached hydrogens (primary N) is 1. The smallest absolute Gasteiger partial charge is 0.354 e. The van der Waals surface area contributed by atoms with Crippen LogP contribution < -0.4 is 11.1 Å². The Morgan fingerprint density at radius 3 is 2.39 bits per heavy atom. The van der Waals surface area contributed by atoms with E-state index in [0.29, 0.717) is 24.9 Å². The van der Waals surface area contributed by atoms with Crippen LogP contribution in [-0.2, 0) is 16.4 Å². The van der Waals surface area contributed by atoms with E-state index in [0.717, 1.165) is 31.7 Å². The Hall–Kier alpha value is -1.56. The molecule has 0 heterocycles. The van der Waals surface area contributed by atoms with Crippen molar-refractivity contribution in [3.63, 3.8) is 0 Å². The molecule has 0 atom stereocenters. The van der Waals surface area contributed by atoms with E-state index in [1.54, 1.807) is 6.07 Å². The molecule has 2 aliphatic rings. The lowest BCUT2D eigenvalue weighted by atomic mass is 9.93. The summed E-state index contributed by atoms with van der Waals surface area (Å²) in [5, 5.41) is 2.88. The zero-order valence-corrected chi connectivity index (χ0v) is 12.9. The van der Waals surface area contributed by atoms with Gasteiger partial charge in [-0.05, 0) is 37.3 Å². The summed E-state index contributed by atoms with van der Waals surface area (Å²) in [4.78, 5) is 12.3. The zero-order chi connectivity index (χ0) is 16.7. The van der Waals surface area contributed by atoms with Crippen LogP contribution >= 0.6 is 0 Å². The van der Waals surface area contributed by atoms with Gasteiger partial charge >= 0.3 is 6.18 Å². The number of carbonyl (C=O) groups is 1. The van der Waals surface area contributed by atoms with Gasteiger partial charge in [-0.1, -0.05) is 31.0 Å². The molecular formula is C17H21F3N2O. The second kappa shape index (κ2) is 5.51. The largest absolute Gasteiger partial charge is 0.416 e. The maximum absolute atomic E-state index is 12.9. The number of amides is 1. The number of benzene rings is 1. The molecule has 126 valence electrons. The summed E-state index contributed by atoms with van der Waals surface area (Å²) >= 11 is 0. The van der Waals surface area contributed by atoms with Gasteiger partial charge < -0.3 is 11.1 Å². The highest BCUT2D eigenvalue weighted by atomic mass is 19.4. The van der Waals surface area contributed by atoms with Crippen molar-refractivity contribution in [2.75, 3.05) is 6.54 Å². The number of halogens is 3. The second-order valence-electron chi connectivity index (χ2n) is 6.90. The van der Waals surface area contributed by atoms with Crippen molar-refractivity contribution in [3.05, 3.63) is 35.4 Å². The van der Waals surface area contributed by atoms with E-state index in [9.17, 15) is 18.0 Å². The number of alkyl halides is 3. The first-order chi connectivity index (χ1) is 10.8. The van der Waals surface area contributed by atoms with Gasteiger partial charge in [0.15, 0.2) is 0 Å². The van der Waals surface area contributed by atoms with Gasteiger partial charge in [0, 0.05) is 12.0 Å². The van der Waals surface area contributed by atoms with E-state index in [4.69, 9.17) is 5.73 Å². The van der Waals surface area contributed by atoms with Gasteiger partial charge in [0.25, 0.3) is 0 Å². The third-order valence-electron chi connectivity index (χ3n) is 5.19. The summed E-state index contributed by atoms with van der Waals surface area (Å²) in [7, 11) is 0. The first kappa shape index (κ1) is 16.3. The lowest BCUT2D eigenvalue weighted by molar-refractivity contribution is -0.137. The minimum atomic E-state index is -4.35. The molecule has 0 saturated heterocycles. The first-order valence-corrected chi connectivity index (χ1v) is 8.00. The van der Waals surface area contributed by atoms with E-state index in [1.807, 2.05) is 0 Å². The van der Waals surface area contributed by atoms with Gasteiger partial charge in [0.1, 0.15) is 0 Å². The number of hydrogen-bond acceptors (Lipinski definition) is 2. The van der Waals surface area contributed by atoms with E-state index >= 15 is 0 Å². The highest BCUT2D eigenvalue weighted by molar-refractivity contribution is 5.86. The van der Waals surface area contributed by atoms with Gasteiger partial charge in [-0.15, -0.1) is 0 Å². The lowest BCUT2D eigenvalue weighted by Gasteiger charge is -2.25. The molecule has 0 aromatic heterocycles. The molecule has 1 aromatic rings. The van der Waals surface area contributed by atoms with Crippen molar-refractivity contribution in [2.45, 2.75) is 55.7 Å². The molecule has 3 N–H and O–H groups in total. The lowest BCUT2D eigenvalue weighted by Crippen LogP contribution is -2.53. The van der Waals surface area contributed by atoms with Crippen LogP contribution in [0.15, 0.2) is 24.3 Å². The molecule has 2 fully saturated rings.